The van der Waals surface area contributed by atoms with Crippen molar-refractivity contribution < 1.29 is 14.3 Å². The summed E-state index contributed by atoms with van der Waals surface area (Å²) in [5.74, 6) is 0. The Kier molecular flexibility index (Phi) is 11.3. The highest BCUT2D eigenvalue weighted by atomic mass is 35.5. The van der Waals surface area contributed by atoms with Crippen LogP contribution < -0.4 is 11.5 Å². The van der Waals surface area contributed by atoms with E-state index in [1.54, 1.807) is 0 Å². The Morgan fingerprint density at radius 2 is 1.45 bits per heavy atom. The van der Waals surface area contributed by atoms with Gasteiger partial charge >= 0.3 is 6.16 Å². The van der Waals surface area contributed by atoms with Crippen LogP contribution in [-0.2, 0) is 9.47 Å². The van der Waals surface area contributed by atoms with E-state index < -0.39 is 6.16 Å². The first-order valence-corrected chi connectivity index (χ1v) is 3.01. The van der Waals surface area contributed by atoms with E-state index >= 15 is 0 Å². The van der Waals surface area contributed by atoms with E-state index in [0.717, 1.165) is 0 Å². The van der Waals surface area contributed by atoms with Gasteiger partial charge in [-0.25, -0.2) is 4.79 Å². The summed E-state index contributed by atoms with van der Waals surface area (Å²) in [6.45, 7) is 0.974. The first kappa shape index (κ1) is 13.1. The maximum atomic E-state index is 10.4. The van der Waals surface area contributed by atoms with Gasteiger partial charge in [0.05, 0.1) is 0 Å². The van der Waals surface area contributed by atoms with Crippen LogP contribution >= 0.6 is 12.4 Å². The standard InChI is InChI=1S/C5H12N2O3.ClH/c6-1-3-9-5(8)10-4-2-7;/h1-4,6-7H2;1H. The van der Waals surface area contributed by atoms with E-state index in [-0.39, 0.29) is 25.6 Å². The lowest BCUT2D eigenvalue weighted by Crippen LogP contribution is -2.17. The molecule has 0 spiro atoms. The SMILES string of the molecule is Cl.NCCOC(=O)OCCN. The van der Waals surface area contributed by atoms with Gasteiger partial charge in [0.2, 0.25) is 0 Å². The van der Waals surface area contributed by atoms with Crippen LogP contribution in [0.3, 0.4) is 0 Å². The van der Waals surface area contributed by atoms with Crippen molar-refractivity contribution >= 4 is 18.6 Å². The van der Waals surface area contributed by atoms with Gasteiger partial charge in [0.15, 0.2) is 0 Å². The van der Waals surface area contributed by atoms with Gasteiger partial charge < -0.3 is 20.9 Å². The second-order valence-corrected chi connectivity index (χ2v) is 1.52. The van der Waals surface area contributed by atoms with Crippen LogP contribution in [0.5, 0.6) is 0 Å². The first-order chi connectivity index (χ1) is 4.81. The molecule has 0 aromatic carbocycles. The topological polar surface area (TPSA) is 87.6 Å². The molecular weight excluding hydrogens is 172 g/mol. The van der Waals surface area contributed by atoms with Gasteiger partial charge in [0.1, 0.15) is 13.2 Å². The summed E-state index contributed by atoms with van der Waals surface area (Å²) < 4.78 is 8.90. The summed E-state index contributed by atoms with van der Waals surface area (Å²) in [5.41, 5.74) is 10.1. The minimum atomic E-state index is -0.712. The molecule has 6 heteroatoms. The van der Waals surface area contributed by atoms with E-state index in [1.165, 1.54) is 0 Å². The van der Waals surface area contributed by atoms with Crippen molar-refractivity contribution in [2.24, 2.45) is 11.5 Å². The third-order valence-corrected chi connectivity index (χ3v) is 0.676. The third kappa shape index (κ3) is 9.48. The fraction of sp³-hybridized carbons (Fsp3) is 0.800. The summed E-state index contributed by atoms with van der Waals surface area (Å²) in [6, 6.07) is 0. The average molecular weight is 185 g/mol. The molecule has 0 amide bonds. The number of carbonyl (C=O) groups excluding carboxylic acids is 1. The quantitative estimate of drug-likeness (QED) is 0.574. The van der Waals surface area contributed by atoms with Crippen molar-refractivity contribution in [2.45, 2.75) is 0 Å². The van der Waals surface area contributed by atoms with E-state index in [9.17, 15) is 4.79 Å². The fourth-order valence-electron chi connectivity index (χ4n) is 0.326. The molecule has 0 saturated carbocycles. The molecule has 0 unspecified atom stereocenters. The lowest BCUT2D eigenvalue weighted by Gasteiger charge is -2.02. The molecule has 0 aliphatic carbocycles. The van der Waals surface area contributed by atoms with E-state index in [0.29, 0.717) is 13.1 Å². The highest BCUT2D eigenvalue weighted by molar-refractivity contribution is 5.85. The molecule has 0 aliphatic heterocycles. The largest absolute Gasteiger partial charge is 0.508 e. The van der Waals surface area contributed by atoms with Gasteiger partial charge in [-0.05, 0) is 0 Å². The van der Waals surface area contributed by atoms with E-state index in [2.05, 4.69) is 9.47 Å². The minimum Gasteiger partial charge on any atom is -0.433 e. The van der Waals surface area contributed by atoms with Crippen LogP contribution in [-0.4, -0.2) is 32.5 Å². The molecule has 68 valence electrons. The summed E-state index contributed by atoms with van der Waals surface area (Å²) in [4.78, 5) is 10.4. The normalized spacial score (nSPS) is 8.18. The van der Waals surface area contributed by atoms with Crippen molar-refractivity contribution in [3.8, 4) is 0 Å². The van der Waals surface area contributed by atoms with Crippen molar-refractivity contribution in [1.29, 1.82) is 0 Å². The zero-order valence-electron chi connectivity index (χ0n) is 6.12. The molecule has 0 fully saturated rings. The third-order valence-electron chi connectivity index (χ3n) is 0.676. The summed E-state index contributed by atoms with van der Waals surface area (Å²) in [7, 11) is 0. The summed E-state index contributed by atoms with van der Waals surface area (Å²) >= 11 is 0. The summed E-state index contributed by atoms with van der Waals surface area (Å²) in [6.07, 6.45) is -0.712. The van der Waals surface area contributed by atoms with E-state index in [4.69, 9.17) is 11.5 Å². The Labute approximate surface area is 71.4 Å². The number of hydrogen-bond acceptors (Lipinski definition) is 5. The second-order valence-electron chi connectivity index (χ2n) is 1.52. The number of ether oxygens (including phenoxy) is 2. The predicted molar refractivity (Wildman–Crippen MR) is 42.7 cm³/mol. The average Bonchev–Trinajstić information content (AvgIpc) is 1.97. The van der Waals surface area contributed by atoms with Crippen LogP contribution in [0.1, 0.15) is 0 Å². The maximum Gasteiger partial charge on any atom is 0.508 e. The van der Waals surface area contributed by atoms with Crippen LogP contribution in [0.4, 0.5) is 4.79 Å². The van der Waals surface area contributed by atoms with Crippen molar-refractivity contribution in [2.75, 3.05) is 26.3 Å². The maximum absolute atomic E-state index is 10.4. The predicted octanol–water partition coefficient (Wildman–Crippen LogP) is -0.521. The monoisotopic (exact) mass is 184 g/mol. The molecular formula is C5H13ClN2O3. The first-order valence-electron chi connectivity index (χ1n) is 3.01. The zero-order chi connectivity index (χ0) is 7.82. The highest BCUT2D eigenvalue weighted by Crippen LogP contribution is 1.81. The van der Waals surface area contributed by atoms with E-state index in [1.807, 2.05) is 0 Å². The number of hydrogen-bond donors (Lipinski definition) is 2. The van der Waals surface area contributed by atoms with Crippen molar-refractivity contribution in [3.05, 3.63) is 0 Å². The molecule has 0 aliphatic rings. The van der Waals surface area contributed by atoms with Gasteiger partial charge in [-0.1, -0.05) is 0 Å². The van der Waals surface area contributed by atoms with Gasteiger partial charge in [0, 0.05) is 13.1 Å². The number of halogens is 1. The Hall–Kier alpha value is -0.520. The Morgan fingerprint density at radius 3 is 1.73 bits per heavy atom. The molecule has 5 nitrogen and oxygen atoms in total. The number of nitrogens with two attached hydrogens (primary N) is 2. The van der Waals surface area contributed by atoms with Crippen LogP contribution in [0.15, 0.2) is 0 Å². The molecule has 0 atom stereocenters. The van der Waals surface area contributed by atoms with Gasteiger partial charge in [-0.15, -0.1) is 12.4 Å². The van der Waals surface area contributed by atoms with Crippen molar-refractivity contribution in [3.63, 3.8) is 0 Å². The lowest BCUT2D eigenvalue weighted by molar-refractivity contribution is 0.0596. The zero-order valence-corrected chi connectivity index (χ0v) is 6.93. The van der Waals surface area contributed by atoms with Gasteiger partial charge in [0.25, 0.3) is 0 Å². The Balaban J connectivity index is 0. The van der Waals surface area contributed by atoms with Gasteiger partial charge in [-0.2, -0.15) is 0 Å². The molecule has 0 rings (SSSR count). The van der Waals surface area contributed by atoms with Crippen LogP contribution in [0.2, 0.25) is 0 Å². The molecule has 0 aromatic heterocycles. The molecule has 0 heterocycles. The minimum absolute atomic E-state index is 0. The fourth-order valence-corrected chi connectivity index (χ4v) is 0.326. The van der Waals surface area contributed by atoms with Crippen LogP contribution in [0.25, 0.3) is 0 Å². The molecule has 4 N–H and O–H groups in total. The molecule has 11 heavy (non-hydrogen) atoms. The second kappa shape index (κ2) is 9.48. The highest BCUT2D eigenvalue weighted by Gasteiger charge is 1.99. The van der Waals surface area contributed by atoms with Crippen molar-refractivity contribution in [1.82, 2.24) is 0 Å². The Bertz CT molecular complexity index is 91.7. The number of carbonyl (C=O) groups is 1. The number of rotatable bonds is 4. The molecule has 0 saturated heterocycles. The lowest BCUT2D eigenvalue weighted by atomic mass is 10.7. The molecule has 0 radical (unpaired) electrons. The van der Waals surface area contributed by atoms with Gasteiger partial charge in [-0.3, -0.25) is 0 Å². The van der Waals surface area contributed by atoms with Crippen LogP contribution in [0, 0.1) is 0 Å². The summed E-state index contributed by atoms with van der Waals surface area (Å²) in [5, 5.41) is 0. The molecule has 0 aromatic rings. The molecule has 0 bridgehead atoms. The Morgan fingerprint density at radius 1 is 1.09 bits per heavy atom. The smallest absolute Gasteiger partial charge is 0.433 e.